The molecule has 1 saturated heterocycles. The SMILES string of the molecule is Cl.OC1CNC1O. The molecule has 1 fully saturated rings. The fourth-order valence-corrected chi connectivity index (χ4v) is 0.329. The quantitative estimate of drug-likeness (QED) is 0.377. The van der Waals surface area contributed by atoms with Crippen molar-refractivity contribution >= 4 is 12.4 Å². The van der Waals surface area contributed by atoms with Gasteiger partial charge in [-0.05, 0) is 0 Å². The maximum absolute atomic E-state index is 8.40. The first-order valence-corrected chi connectivity index (χ1v) is 1.90. The summed E-state index contributed by atoms with van der Waals surface area (Å²) in [6.07, 6.45) is -1.19. The van der Waals surface area contributed by atoms with Crippen LogP contribution in [0.4, 0.5) is 0 Å². The van der Waals surface area contributed by atoms with Gasteiger partial charge in [0, 0.05) is 6.54 Å². The van der Waals surface area contributed by atoms with Crippen LogP contribution in [0.25, 0.3) is 0 Å². The van der Waals surface area contributed by atoms with E-state index < -0.39 is 12.3 Å². The molecular weight excluding hydrogens is 117 g/mol. The zero-order valence-electron chi connectivity index (χ0n) is 3.66. The summed E-state index contributed by atoms with van der Waals surface area (Å²) in [4.78, 5) is 0. The van der Waals surface area contributed by atoms with Crippen molar-refractivity contribution in [2.24, 2.45) is 0 Å². The van der Waals surface area contributed by atoms with Crippen LogP contribution >= 0.6 is 12.4 Å². The molecule has 1 aliphatic rings. The Morgan fingerprint density at radius 2 is 1.86 bits per heavy atom. The average molecular weight is 126 g/mol. The van der Waals surface area contributed by atoms with Crippen molar-refractivity contribution in [1.29, 1.82) is 0 Å². The van der Waals surface area contributed by atoms with E-state index >= 15 is 0 Å². The van der Waals surface area contributed by atoms with Gasteiger partial charge < -0.3 is 10.2 Å². The summed E-state index contributed by atoms with van der Waals surface area (Å²) >= 11 is 0. The molecule has 0 aromatic rings. The van der Waals surface area contributed by atoms with Crippen LogP contribution < -0.4 is 5.32 Å². The minimum Gasteiger partial charge on any atom is -0.388 e. The van der Waals surface area contributed by atoms with Crippen LogP contribution in [0.15, 0.2) is 0 Å². The van der Waals surface area contributed by atoms with E-state index in [9.17, 15) is 0 Å². The molecule has 7 heavy (non-hydrogen) atoms. The van der Waals surface area contributed by atoms with Crippen LogP contribution in [0.2, 0.25) is 0 Å². The molecule has 3 N–H and O–H groups in total. The van der Waals surface area contributed by atoms with E-state index in [1.165, 1.54) is 0 Å². The van der Waals surface area contributed by atoms with Gasteiger partial charge in [0.15, 0.2) is 0 Å². The molecule has 2 atom stereocenters. The first-order chi connectivity index (χ1) is 2.80. The molecule has 3 nitrogen and oxygen atoms in total. The molecule has 1 heterocycles. The van der Waals surface area contributed by atoms with Crippen molar-refractivity contribution in [2.75, 3.05) is 6.54 Å². The Kier molecular flexibility index (Phi) is 2.53. The summed E-state index contributed by atoms with van der Waals surface area (Å²) in [6.45, 7) is 0.529. The number of halogens is 1. The Bertz CT molecular complexity index is 52.9. The van der Waals surface area contributed by atoms with Gasteiger partial charge in [-0.2, -0.15) is 0 Å². The second-order valence-electron chi connectivity index (χ2n) is 1.42. The smallest absolute Gasteiger partial charge is 0.132 e. The van der Waals surface area contributed by atoms with Crippen LogP contribution in [0.5, 0.6) is 0 Å². The van der Waals surface area contributed by atoms with Crippen molar-refractivity contribution in [3.8, 4) is 0 Å². The number of rotatable bonds is 0. The van der Waals surface area contributed by atoms with Crippen molar-refractivity contribution in [3.05, 3.63) is 0 Å². The maximum atomic E-state index is 8.40. The van der Waals surface area contributed by atoms with Gasteiger partial charge in [-0.15, -0.1) is 12.4 Å². The molecule has 0 spiro atoms. The number of hydrogen-bond acceptors (Lipinski definition) is 3. The molecule has 0 saturated carbocycles. The highest BCUT2D eigenvalue weighted by molar-refractivity contribution is 5.85. The van der Waals surface area contributed by atoms with E-state index in [2.05, 4.69) is 5.32 Å². The Labute approximate surface area is 47.8 Å². The highest BCUT2D eigenvalue weighted by Crippen LogP contribution is 1.96. The first-order valence-electron chi connectivity index (χ1n) is 1.90. The molecular formula is C3H8ClNO2. The number of hydrogen-bond donors (Lipinski definition) is 3. The summed E-state index contributed by atoms with van der Waals surface area (Å²) in [5.41, 5.74) is 0. The third kappa shape index (κ3) is 1.28. The van der Waals surface area contributed by atoms with E-state index in [1.54, 1.807) is 0 Å². The van der Waals surface area contributed by atoms with Crippen LogP contribution in [-0.2, 0) is 0 Å². The summed E-state index contributed by atoms with van der Waals surface area (Å²) in [5, 5.41) is 19.3. The molecule has 4 heteroatoms. The van der Waals surface area contributed by atoms with Gasteiger partial charge >= 0.3 is 0 Å². The van der Waals surface area contributed by atoms with Gasteiger partial charge in [0.2, 0.25) is 0 Å². The Morgan fingerprint density at radius 3 is 1.86 bits per heavy atom. The number of aliphatic hydroxyl groups excluding tert-OH is 2. The van der Waals surface area contributed by atoms with E-state index in [0.29, 0.717) is 6.54 Å². The fraction of sp³-hybridized carbons (Fsp3) is 1.00. The van der Waals surface area contributed by atoms with Crippen molar-refractivity contribution in [1.82, 2.24) is 5.32 Å². The summed E-state index contributed by atoms with van der Waals surface area (Å²) in [6, 6.07) is 0. The molecule has 1 rings (SSSR count). The highest BCUT2D eigenvalue weighted by atomic mass is 35.5. The van der Waals surface area contributed by atoms with Gasteiger partial charge in [0.05, 0.1) is 0 Å². The molecule has 44 valence electrons. The van der Waals surface area contributed by atoms with Crippen molar-refractivity contribution < 1.29 is 10.2 Å². The average Bonchev–Trinajstić information content (AvgIpc) is 1.61. The summed E-state index contributed by atoms with van der Waals surface area (Å²) < 4.78 is 0. The number of β-amino-alcohol motifs (C(OH)–C–C–N with tert-alkyl or cyclic N) is 1. The van der Waals surface area contributed by atoms with Crippen LogP contribution in [0, 0.1) is 0 Å². The third-order valence-electron chi connectivity index (χ3n) is 0.901. The largest absolute Gasteiger partial charge is 0.388 e. The fourth-order valence-electron chi connectivity index (χ4n) is 0.329. The zero-order chi connectivity index (χ0) is 4.57. The third-order valence-corrected chi connectivity index (χ3v) is 0.901. The standard InChI is InChI=1S/C3H7NO2.ClH/c5-2-1-4-3(2)6;/h2-6H,1H2;1H. The Hall–Kier alpha value is 0.170. The predicted molar refractivity (Wildman–Crippen MR) is 27.3 cm³/mol. The topological polar surface area (TPSA) is 52.5 Å². The number of aliphatic hydroxyl groups is 2. The lowest BCUT2D eigenvalue weighted by atomic mass is 10.2. The van der Waals surface area contributed by atoms with E-state index in [1.807, 2.05) is 0 Å². The van der Waals surface area contributed by atoms with E-state index in [4.69, 9.17) is 10.2 Å². The molecule has 0 aromatic carbocycles. The van der Waals surface area contributed by atoms with Crippen LogP contribution in [0.1, 0.15) is 0 Å². The molecule has 2 unspecified atom stereocenters. The van der Waals surface area contributed by atoms with E-state index in [-0.39, 0.29) is 12.4 Å². The van der Waals surface area contributed by atoms with E-state index in [0.717, 1.165) is 0 Å². The molecule has 0 aromatic heterocycles. The lowest BCUT2D eigenvalue weighted by molar-refractivity contribution is -0.0624. The second kappa shape index (κ2) is 2.47. The van der Waals surface area contributed by atoms with Crippen LogP contribution in [-0.4, -0.2) is 29.1 Å². The lowest BCUT2D eigenvalue weighted by Gasteiger charge is -2.28. The molecule has 0 amide bonds. The predicted octanol–water partition coefficient (Wildman–Crippen LogP) is -1.31. The van der Waals surface area contributed by atoms with Crippen molar-refractivity contribution in [2.45, 2.75) is 12.3 Å². The molecule has 1 aliphatic heterocycles. The van der Waals surface area contributed by atoms with Crippen LogP contribution in [0.3, 0.4) is 0 Å². The van der Waals surface area contributed by atoms with Gasteiger partial charge in [0.25, 0.3) is 0 Å². The lowest BCUT2D eigenvalue weighted by Crippen LogP contribution is -2.56. The minimum absolute atomic E-state index is 0. The van der Waals surface area contributed by atoms with Gasteiger partial charge in [-0.1, -0.05) is 0 Å². The maximum Gasteiger partial charge on any atom is 0.132 e. The molecule has 0 radical (unpaired) electrons. The zero-order valence-corrected chi connectivity index (χ0v) is 4.48. The Balaban J connectivity index is 0.000000360. The van der Waals surface area contributed by atoms with Gasteiger partial charge in [-0.25, -0.2) is 0 Å². The summed E-state index contributed by atoms with van der Waals surface area (Å²) in [5.74, 6) is 0. The van der Waals surface area contributed by atoms with Gasteiger partial charge in [-0.3, -0.25) is 5.32 Å². The molecule has 0 aliphatic carbocycles. The highest BCUT2D eigenvalue weighted by Gasteiger charge is 2.24. The normalized spacial score (nSPS) is 38.6. The van der Waals surface area contributed by atoms with Gasteiger partial charge in [0.1, 0.15) is 12.3 Å². The molecule has 0 bridgehead atoms. The van der Waals surface area contributed by atoms with Crippen molar-refractivity contribution in [3.63, 3.8) is 0 Å². The number of nitrogens with one attached hydrogen (secondary N) is 1. The summed E-state index contributed by atoms with van der Waals surface area (Å²) in [7, 11) is 0. The first kappa shape index (κ1) is 7.17. The second-order valence-corrected chi connectivity index (χ2v) is 1.42. The monoisotopic (exact) mass is 125 g/mol. The Morgan fingerprint density at radius 1 is 1.43 bits per heavy atom. The minimum atomic E-state index is -0.662.